The van der Waals surface area contributed by atoms with E-state index in [1.807, 2.05) is 12.1 Å². The molecule has 0 spiro atoms. The summed E-state index contributed by atoms with van der Waals surface area (Å²) >= 11 is 0. The minimum atomic E-state index is -0.498. The van der Waals surface area contributed by atoms with Gasteiger partial charge in [0.2, 0.25) is 0 Å². The summed E-state index contributed by atoms with van der Waals surface area (Å²) in [6.45, 7) is 5.39. The summed E-state index contributed by atoms with van der Waals surface area (Å²) < 4.78 is 5.25. The topological polar surface area (TPSA) is 38.3 Å². The van der Waals surface area contributed by atoms with Crippen LogP contribution in [0.15, 0.2) is 55.1 Å². The quantitative estimate of drug-likeness (QED) is 0.875. The number of hydrogen-bond acceptors (Lipinski definition) is 3. The van der Waals surface area contributed by atoms with Crippen molar-refractivity contribution in [2.75, 3.05) is 20.2 Å². The number of carbonyl (C=O) groups excluding carboxylic acids is 1. The Morgan fingerprint density at radius 2 is 2.08 bits per heavy atom. The smallest absolute Gasteiger partial charge is 0.313 e. The van der Waals surface area contributed by atoms with Gasteiger partial charge in [-0.05, 0) is 34.6 Å². The van der Waals surface area contributed by atoms with Crippen molar-refractivity contribution in [1.82, 2.24) is 5.32 Å². The summed E-state index contributed by atoms with van der Waals surface area (Å²) in [6.07, 6.45) is 2.58. The molecule has 128 valence electrons. The van der Waals surface area contributed by atoms with E-state index in [0.717, 1.165) is 18.5 Å². The molecule has 0 saturated carbocycles. The Hall–Kier alpha value is -2.39. The third kappa shape index (κ3) is 2.42. The van der Waals surface area contributed by atoms with Gasteiger partial charge in [0.25, 0.3) is 0 Å². The average molecular weight is 333 g/mol. The minimum absolute atomic E-state index is 0.0990. The van der Waals surface area contributed by atoms with Crippen molar-refractivity contribution < 1.29 is 9.53 Å². The molecule has 0 bridgehead atoms. The predicted octanol–water partition coefficient (Wildman–Crippen LogP) is 3.40. The molecule has 0 aromatic heterocycles. The van der Waals surface area contributed by atoms with Crippen LogP contribution in [0.5, 0.6) is 0 Å². The maximum absolute atomic E-state index is 12.8. The lowest BCUT2D eigenvalue weighted by Gasteiger charge is -2.42. The van der Waals surface area contributed by atoms with Crippen molar-refractivity contribution in [3.05, 3.63) is 77.4 Å². The number of ether oxygens (including phenoxy) is 1. The van der Waals surface area contributed by atoms with Gasteiger partial charge in [-0.3, -0.25) is 4.79 Å². The first kappa shape index (κ1) is 16.1. The van der Waals surface area contributed by atoms with Crippen LogP contribution in [0.2, 0.25) is 0 Å². The number of methoxy groups -OCH3 is 1. The van der Waals surface area contributed by atoms with Gasteiger partial charge in [0, 0.05) is 19.0 Å². The van der Waals surface area contributed by atoms with E-state index in [1.165, 1.54) is 23.8 Å². The highest BCUT2D eigenvalue weighted by Crippen LogP contribution is 2.52. The van der Waals surface area contributed by atoms with Crippen molar-refractivity contribution in [1.29, 1.82) is 0 Å². The number of benzene rings is 2. The SMILES string of the molecule is C=Cc1ccc2c(c1)CC1(C(=O)OC)CNCC1C2c1ccccc1. The van der Waals surface area contributed by atoms with E-state index in [9.17, 15) is 4.79 Å². The maximum atomic E-state index is 12.8. The monoisotopic (exact) mass is 333 g/mol. The van der Waals surface area contributed by atoms with E-state index in [-0.39, 0.29) is 17.8 Å². The van der Waals surface area contributed by atoms with E-state index in [1.54, 1.807) is 0 Å². The molecule has 1 saturated heterocycles. The normalized spacial score (nSPS) is 27.2. The Morgan fingerprint density at radius 3 is 2.80 bits per heavy atom. The molecule has 1 aliphatic carbocycles. The van der Waals surface area contributed by atoms with E-state index < -0.39 is 5.41 Å². The molecule has 2 aromatic rings. The first-order chi connectivity index (χ1) is 12.2. The van der Waals surface area contributed by atoms with Crippen LogP contribution in [0, 0.1) is 11.3 Å². The second-order valence-corrected chi connectivity index (χ2v) is 7.11. The first-order valence-corrected chi connectivity index (χ1v) is 8.79. The van der Waals surface area contributed by atoms with Gasteiger partial charge in [-0.2, -0.15) is 0 Å². The average Bonchev–Trinajstić information content (AvgIpc) is 3.10. The van der Waals surface area contributed by atoms with Crippen molar-refractivity contribution in [2.45, 2.75) is 12.3 Å². The van der Waals surface area contributed by atoms with Crippen LogP contribution < -0.4 is 5.32 Å². The molecule has 4 rings (SSSR count). The maximum Gasteiger partial charge on any atom is 0.313 e. The molecule has 3 atom stereocenters. The Labute approximate surface area is 148 Å². The lowest BCUT2D eigenvalue weighted by Crippen LogP contribution is -2.47. The predicted molar refractivity (Wildman–Crippen MR) is 99.3 cm³/mol. The molecule has 3 heteroatoms. The molecule has 1 heterocycles. The zero-order valence-electron chi connectivity index (χ0n) is 14.5. The Bertz CT molecular complexity index is 814. The van der Waals surface area contributed by atoms with Crippen LogP contribution in [0.3, 0.4) is 0 Å². The fourth-order valence-corrected chi connectivity index (χ4v) is 4.74. The molecule has 25 heavy (non-hydrogen) atoms. The summed E-state index contributed by atoms with van der Waals surface area (Å²) in [5, 5.41) is 3.46. The molecule has 2 aliphatic rings. The third-order valence-electron chi connectivity index (χ3n) is 5.91. The summed E-state index contributed by atoms with van der Waals surface area (Å²) in [5.41, 5.74) is 4.41. The highest BCUT2D eigenvalue weighted by atomic mass is 16.5. The number of nitrogens with one attached hydrogen (secondary N) is 1. The Morgan fingerprint density at radius 1 is 1.28 bits per heavy atom. The van der Waals surface area contributed by atoms with Crippen LogP contribution in [0.1, 0.15) is 28.2 Å². The van der Waals surface area contributed by atoms with E-state index in [4.69, 9.17) is 4.74 Å². The lowest BCUT2D eigenvalue weighted by atomic mass is 9.59. The Kier molecular flexibility index (Phi) is 3.97. The molecule has 3 unspecified atom stereocenters. The van der Waals surface area contributed by atoms with Crippen molar-refractivity contribution in [3.8, 4) is 0 Å². The molecular weight excluding hydrogens is 310 g/mol. The van der Waals surface area contributed by atoms with E-state index >= 15 is 0 Å². The third-order valence-corrected chi connectivity index (χ3v) is 5.91. The number of fused-ring (bicyclic) bond motifs is 2. The van der Waals surface area contributed by atoms with E-state index in [2.05, 4.69) is 54.4 Å². The number of hydrogen-bond donors (Lipinski definition) is 1. The van der Waals surface area contributed by atoms with Crippen LogP contribution >= 0.6 is 0 Å². The largest absolute Gasteiger partial charge is 0.469 e. The second kappa shape index (κ2) is 6.16. The molecule has 1 fully saturated rings. The van der Waals surface area contributed by atoms with Gasteiger partial charge in [0.05, 0.1) is 12.5 Å². The van der Waals surface area contributed by atoms with Crippen LogP contribution in [0.4, 0.5) is 0 Å². The fraction of sp³-hybridized carbons (Fsp3) is 0.318. The van der Waals surface area contributed by atoms with Gasteiger partial charge in [0.1, 0.15) is 0 Å². The highest BCUT2D eigenvalue weighted by Gasteiger charge is 2.56. The lowest BCUT2D eigenvalue weighted by molar-refractivity contribution is -0.154. The van der Waals surface area contributed by atoms with Crippen molar-refractivity contribution in [3.63, 3.8) is 0 Å². The standard InChI is InChI=1S/C22H23NO2/c1-3-15-9-10-18-17(11-15)12-22(21(24)25-2)14-23-13-19(22)20(18)16-7-5-4-6-8-16/h3-11,19-20,23H,1,12-14H2,2H3. The Balaban J connectivity index is 1.92. The zero-order valence-corrected chi connectivity index (χ0v) is 14.5. The number of rotatable bonds is 3. The molecule has 0 amide bonds. The molecule has 0 radical (unpaired) electrons. The molecule has 2 aromatic carbocycles. The number of carbonyl (C=O) groups is 1. The van der Waals surface area contributed by atoms with Gasteiger partial charge in [-0.25, -0.2) is 0 Å². The van der Waals surface area contributed by atoms with Gasteiger partial charge in [0.15, 0.2) is 0 Å². The second-order valence-electron chi connectivity index (χ2n) is 7.11. The summed E-state index contributed by atoms with van der Waals surface area (Å²) in [6, 6.07) is 17.0. The molecule has 3 nitrogen and oxygen atoms in total. The molecular formula is C22H23NO2. The number of esters is 1. The first-order valence-electron chi connectivity index (χ1n) is 8.79. The van der Waals surface area contributed by atoms with E-state index in [0.29, 0.717) is 6.54 Å². The van der Waals surface area contributed by atoms with Crippen LogP contribution in [-0.4, -0.2) is 26.2 Å². The van der Waals surface area contributed by atoms with Gasteiger partial charge >= 0.3 is 5.97 Å². The summed E-state index contributed by atoms with van der Waals surface area (Å²) in [7, 11) is 1.50. The molecule has 1 aliphatic heterocycles. The summed E-state index contributed by atoms with van der Waals surface area (Å²) in [4.78, 5) is 12.8. The summed E-state index contributed by atoms with van der Waals surface area (Å²) in [5.74, 6) is 0.292. The van der Waals surface area contributed by atoms with Crippen molar-refractivity contribution in [2.24, 2.45) is 11.3 Å². The van der Waals surface area contributed by atoms with Gasteiger partial charge in [-0.15, -0.1) is 0 Å². The zero-order chi connectivity index (χ0) is 17.4. The van der Waals surface area contributed by atoms with Crippen LogP contribution in [0.25, 0.3) is 6.08 Å². The molecule has 1 N–H and O–H groups in total. The minimum Gasteiger partial charge on any atom is -0.469 e. The fourth-order valence-electron chi connectivity index (χ4n) is 4.74. The van der Waals surface area contributed by atoms with Gasteiger partial charge < -0.3 is 10.1 Å². The van der Waals surface area contributed by atoms with Gasteiger partial charge in [-0.1, -0.05) is 61.2 Å². The highest BCUT2D eigenvalue weighted by molar-refractivity contribution is 5.80. The van der Waals surface area contributed by atoms with Crippen molar-refractivity contribution >= 4 is 12.0 Å². The van der Waals surface area contributed by atoms with Crippen LogP contribution in [-0.2, 0) is 16.0 Å².